The molecule has 1 saturated carbocycles. The third-order valence-corrected chi connectivity index (χ3v) is 6.86. The van der Waals surface area contributed by atoms with Gasteiger partial charge in [0.25, 0.3) is 0 Å². The summed E-state index contributed by atoms with van der Waals surface area (Å²) in [6.07, 6.45) is 1.81. The fourth-order valence-corrected chi connectivity index (χ4v) is 5.59. The molecule has 0 aliphatic heterocycles. The number of fused-ring (bicyclic) bond motifs is 1. The van der Waals surface area contributed by atoms with Crippen molar-refractivity contribution in [2.45, 2.75) is 77.9 Å². The topological polar surface area (TPSA) is 102 Å². The first-order chi connectivity index (χ1) is 15.5. The van der Waals surface area contributed by atoms with Crippen LogP contribution in [-0.4, -0.2) is 33.3 Å². The standard InChI is InChI=1S/C24H34N4O4S/c1-9-30-32-16(5)33-21-17(12-25)18(20-26-27-23(28(20)21)24(6,7)8)22(29)31-19-14(3)10-13(2)11-15(19)4/h13-15,19,26H,5,9-11H2,1-4,6-8H3. The van der Waals surface area contributed by atoms with Crippen LogP contribution in [0.3, 0.4) is 0 Å². The lowest BCUT2D eigenvalue weighted by atomic mass is 9.75. The van der Waals surface area contributed by atoms with Crippen LogP contribution in [0.1, 0.15) is 83.1 Å². The Hall–Kier alpha value is -2.44. The first-order valence-electron chi connectivity index (χ1n) is 11.4. The number of nitrogens with one attached hydrogen (secondary N) is 1. The summed E-state index contributed by atoms with van der Waals surface area (Å²) in [6.45, 7) is 18.5. The summed E-state index contributed by atoms with van der Waals surface area (Å²) in [5.74, 6) is 1.25. The zero-order valence-electron chi connectivity index (χ0n) is 20.5. The summed E-state index contributed by atoms with van der Waals surface area (Å²) < 4.78 is 7.83. The number of aromatic nitrogens is 3. The van der Waals surface area contributed by atoms with Crippen LogP contribution in [-0.2, 0) is 19.9 Å². The molecule has 1 fully saturated rings. The highest BCUT2D eigenvalue weighted by molar-refractivity contribution is 8.02. The molecule has 180 valence electrons. The smallest absolute Gasteiger partial charge is 0.343 e. The Bertz CT molecular complexity index is 1060. The molecule has 1 aliphatic rings. The fourth-order valence-electron chi connectivity index (χ4n) is 4.78. The SMILES string of the molecule is C=C(OOCC)Sc1c(C#N)c(C(=O)OC2C(C)CC(C)CC2C)c2[nH]nc(C(C)(C)C)n12. The number of hydrogen-bond acceptors (Lipinski definition) is 7. The molecular weight excluding hydrogens is 440 g/mol. The van der Waals surface area contributed by atoms with E-state index in [-0.39, 0.29) is 39.6 Å². The first-order valence-corrected chi connectivity index (χ1v) is 12.2. The summed E-state index contributed by atoms with van der Waals surface area (Å²) >= 11 is 1.12. The van der Waals surface area contributed by atoms with Crippen LogP contribution in [0.4, 0.5) is 0 Å². The van der Waals surface area contributed by atoms with Gasteiger partial charge >= 0.3 is 5.97 Å². The van der Waals surface area contributed by atoms with E-state index >= 15 is 0 Å². The Kier molecular flexibility index (Phi) is 7.49. The van der Waals surface area contributed by atoms with Crippen molar-refractivity contribution < 1.29 is 19.3 Å². The lowest BCUT2D eigenvalue weighted by Gasteiger charge is -2.37. The average molecular weight is 475 g/mol. The van der Waals surface area contributed by atoms with Crippen LogP contribution < -0.4 is 0 Å². The number of ether oxygens (including phenoxy) is 1. The fraction of sp³-hybridized carbons (Fsp3) is 0.625. The molecule has 2 unspecified atom stereocenters. The van der Waals surface area contributed by atoms with Gasteiger partial charge in [-0.05, 0) is 55.9 Å². The number of esters is 1. The van der Waals surface area contributed by atoms with E-state index in [1.807, 2.05) is 20.8 Å². The van der Waals surface area contributed by atoms with Gasteiger partial charge in [-0.15, -0.1) is 0 Å². The Labute approximate surface area is 199 Å². The summed E-state index contributed by atoms with van der Waals surface area (Å²) in [4.78, 5) is 23.7. The number of nitriles is 1. The van der Waals surface area contributed by atoms with E-state index < -0.39 is 5.97 Å². The van der Waals surface area contributed by atoms with E-state index in [0.717, 1.165) is 24.6 Å². The molecule has 0 amide bonds. The third kappa shape index (κ3) is 5.07. The molecule has 0 radical (unpaired) electrons. The molecule has 9 heteroatoms. The van der Waals surface area contributed by atoms with Crippen molar-refractivity contribution in [2.75, 3.05) is 6.61 Å². The second kappa shape index (κ2) is 9.82. The predicted molar refractivity (Wildman–Crippen MR) is 127 cm³/mol. The molecule has 2 atom stereocenters. The van der Waals surface area contributed by atoms with Crippen LogP contribution in [0.2, 0.25) is 0 Å². The molecule has 33 heavy (non-hydrogen) atoms. The van der Waals surface area contributed by atoms with Gasteiger partial charge in [-0.3, -0.25) is 9.50 Å². The molecule has 2 aromatic heterocycles. The van der Waals surface area contributed by atoms with Crippen LogP contribution in [0.15, 0.2) is 16.7 Å². The maximum Gasteiger partial charge on any atom is 0.343 e. The van der Waals surface area contributed by atoms with E-state index in [2.05, 4.69) is 43.6 Å². The van der Waals surface area contributed by atoms with Crippen LogP contribution in [0, 0.1) is 29.1 Å². The number of H-pyrrole nitrogens is 1. The molecule has 0 bridgehead atoms. The molecular formula is C24H34N4O4S. The molecule has 2 aromatic rings. The van der Waals surface area contributed by atoms with E-state index in [1.54, 1.807) is 11.3 Å². The molecule has 3 rings (SSSR count). The van der Waals surface area contributed by atoms with Gasteiger partial charge in [-0.1, -0.05) is 41.5 Å². The minimum absolute atomic E-state index is 0.185. The lowest BCUT2D eigenvalue weighted by Crippen LogP contribution is -2.37. The van der Waals surface area contributed by atoms with Gasteiger partial charge in [0.05, 0.1) is 6.61 Å². The lowest BCUT2D eigenvalue weighted by molar-refractivity contribution is -0.248. The number of nitrogens with zero attached hydrogens (tertiary/aromatic N) is 3. The highest BCUT2D eigenvalue weighted by Gasteiger charge is 2.37. The highest BCUT2D eigenvalue weighted by Crippen LogP contribution is 2.39. The van der Waals surface area contributed by atoms with Gasteiger partial charge in [0.2, 0.25) is 0 Å². The number of hydrogen-bond donors (Lipinski definition) is 1. The maximum atomic E-state index is 13.5. The molecule has 1 aliphatic carbocycles. The minimum atomic E-state index is -0.519. The Morgan fingerprint density at radius 3 is 2.48 bits per heavy atom. The predicted octanol–water partition coefficient (Wildman–Crippen LogP) is 5.59. The first kappa shape index (κ1) is 25.2. The summed E-state index contributed by atoms with van der Waals surface area (Å²) in [5, 5.41) is 18.2. The van der Waals surface area contributed by atoms with Crippen molar-refractivity contribution in [1.82, 2.24) is 14.6 Å². The molecule has 0 spiro atoms. The summed E-state index contributed by atoms with van der Waals surface area (Å²) in [6, 6.07) is 2.20. The van der Waals surface area contributed by atoms with Crippen molar-refractivity contribution in [3.63, 3.8) is 0 Å². The van der Waals surface area contributed by atoms with Gasteiger partial charge in [-0.25, -0.2) is 4.79 Å². The molecule has 1 N–H and O–H groups in total. The third-order valence-electron chi connectivity index (χ3n) is 5.99. The zero-order chi connectivity index (χ0) is 24.5. The summed E-state index contributed by atoms with van der Waals surface area (Å²) in [7, 11) is 0. The van der Waals surface area contributed by atoms with Gasteiger partial charge in [0.15, 0.2) is 5.09 Å². The van der Waals surface area contributed by atoms with Crippen molar-refractivity contribution in [1.29, 1.82) is 5.26 Å². The van der Waals surface area contributed by atoms with Crippen LogP contribution in [0.5, 0.6) is 0 Å². The van der Waals surface area contributed by atoms with E-state index in [1.165, 1.54) is 0 Å². The van der Waals surface area contributed by atoms with E-state index in [4.69, 9.17) is 14.5 Å². The van der Waals surface area contributed by atoms with Crippen molar-refractivity contribution >= 4 is 23.4 Å². The van der Waals surface area contributed by atoms with Crippen molar-refractivity contribution in [3.05, 3.63) is 28.6 Å². The van der Waals surface area contributed by atoms with Crippen LogP contribution in [0.25, 0.3) is 5.65 Å². The zero-order valence-corrected chi connectivity index (χ0v) is 21.3. The number of aromatic amines is 1. The average Bonchev–Trinajstić information content (AvgIpc) is 3.27. The van der Waals surface area contributed by atoms with Crippen molar-refractivity contribution in [3.8, 4) is 6.07 Å². The quantitative estimate of drug-likeness (QED) is 0.183. The van der Waals surface area contributed by atoms with Gasteiger partial charge in [0, 0.05) is 5.41 Å². The van der Waals surface area contributed by atoms with Gasteiger partial charge in [0.1, 0.15) is 39.8 Å². The normalized spacial score (nSPS) is 23.3. The van der Waals surface area contributed by atoms with Crippen LogP contribution >= 0.6 is 11.8 Å². The summed E-state index contributed by atoms with van der Waals surface area (Å²) in [5.41, 5.74) is 0.461. The Morgan fingerprint density at radius 1 is 1.30 bits per heavy atom. The van der Waals surface area contributed by atoms with E-state index in [0.29, 0.717) is 29.0 Å². The number of thioether (sulfide) groups is 1. The monoisotopic (exact) mass is 474 g/mol. The minimum Gasteiger partial charge on any atom is -0.458 e. The maximum absolute atomic E-state index is 13.5. The van der Waals surface area contributed by atoms with E-state index in [9.17, 15) is 10.1 Å². The van der Waals surface area contributed by atoms with Gasteiger partial charge in [-0.2, -0.15) is 15.2 Å². The molecule has 8 nitrogen and oxygen atoms in total. The largest absolute Gasteiger partial charge is 0.458 e. The molecule has 0 aromatic carbocycles. The second-order valence-electron chi connectivity index (χ2n) is 10.0. The Balaban J connectivity index is 2.08. The molecule has 0 saturated heterocycles. The number of carbonyl (C=O) groups excluding carboxylic acids is 1. The highest BCUT2D eigenvalue weighted by atomic mass is 32.2. The number of carbonyl (C=O) groups is 1. The van der Waals surface area contributed by atoms with Gasteiger partial charge < -0.3 is 9.62 Å². The second-order valence-corrected chi connectivity index (χ2v) is 11.1. The number of rotatable bonds is 7. The molecule has 2 heterocycles. The van der Waals surface area contributed by atoms with Crippen molar-refractivity contribution in [2.24, 2.45) is 17.8 Å². The Morgan fingerprint density at radius 2 is 1.94 bits per heavy atom.